The standard InChI is InChI=1S/C20H28N4O7S/c1-31-20(28)17-14-23(11-13-26)19(27)18(17)21-15-2-4-16(5-3-15)32(29,30)24-8-6-22(7-9-24)10-12-25/h2-5,21,25-26H,6-14H2,1H3. The van der Waals surface area contributed by atoms with Crippen LogP contribution in [0.15, 0.2) is 40.4 Å². The molecule has 3 N–H and O–H groups in total. The number of nitrogens with one attached hydrogen (secondary N) is 1. The maximum absolute atomic E-state index is 12.9. The third-order valence-electron chi connectivity index (χ3n) is 5.46. The lowest BCUT2D eigenvalue weighted by Crippen LogP contribution is -2.49. The number of carbonyl (C=O) groups is 2. The number of methoxy groups -OCH3 is 1. The van der Waals surface area contributed by atoms with Crippen molar-refractivity contribution >= 4 is 27.6 Å². The molecule has 0 atom stereocenters. The first-order valence-corrected chi connectivity index (χ1v) is 11.7. The monoisotopic (exact) mass is 468 g/mol. The first kappa shape index (κ1) is 24.1. The van der Waals surface area contributed by atoms with Crippen molar-refractivity contribution in [2.75, 3.05) is 71.5 Å². The molecule has 176 valence electrons. The summed E-state index contributed by atoms with van der Waals surface area (Å²) in [5, 5.41) is 21.0. The fraction of sp³-hybridized carbons (Fsp3) is 0.500. The molecule has 0 bridgehead atoms. The molecule has 0 aromatic heterocycles. The van der Waals surface area contributed by atoms with Crippen LogP contribution in [0.5, 0.6) is 0 Å². The van der Waals surface area contributed by atoms with Crippen molar-refractivity contribution in [2.24, 2.45) is 0 Å². The van der Waals surface area contributed by atoms with Crippen LogP contribution in [0.1, 0.15) is 0 Å². The summed E-state index contributed by atoms with van der Waals surface area (Å²) < 4.78 is 32.0. The molecule has 1 amide bonds. The summed E-state index contributed by atoms with van der Waals surface area (Å²) in [5.74, 6) is -1.10. The number of esters is 1. The number of piperazine rings is 1. The molecule has 0 radical (unpaired) electrons. The van der Waals surface area contributed by atoms with E-state index < -0.39 is 21.9 Å². The Hall–Kier alpha value is -2.51. The topological polar surface area (TPSA) is 140 Å². The van der Waals surface area contributed by atoms with Gasteiger partial charge in [0.2, 0.25) is 10.0 Å². The number of aliphatic hydroxyl groups is 2. The number of benzene rings is 1. The number of rotatable bonds is 9. The van der Waals surface area contributed by atoms with Gasteiger partial charge < -0.3 is 25.2 Å². The fourth-order valence-corrected chi connectivity index (χ4v) is 5.11. The maximum atomic E-state index is 12.9. The second kappa shape index (κ2) is 10.4. The van der Waals surface area contributed by atoms with Crippen LogP contribution in [0.3, 0.4) is 0 Å². The van der Waals surface area contributed by atoms with Gasteiger partial charge in [0.1, 0.15) is 5.70 Å². The fourth-order valence-electron chi connectivity index (χ4n) is 3.69. The van der Waals surface area contributed by atoms with E-state index in [1.165, 1.54) is 40.6 Å². The van der Waals surface area contributed by atoms with Crippen LogP contribution in [-0.2, 0) is 24.3 Å². The Bertz CT molecular complexity index is 970. The van der Waals surface area contributed by atoms with Gasteiger partial charge in [-0.05, 0) is 24.3 Å². The van der Waals surface area contributed by atoms with Crippen LogP contribution in [0.2, 0.25) is 0 Å². The largest absolute Gasteiger partial charge is 0.466 e. The van der Waals surface area contributed by atoms with E-state index in [0.717, 1.165) is 0 Å². The molecule has 1 aromatic rings. The first-order valence-electron chi connectivity index (χ1n) is 10.2. The molecule has 2 aliphatic rings. The number of nitrogens with zero attached hydrogens (tertiary/aromatic N) is 3. The summed E-state index contributed by atoms with van der Waals surface area (Å²) in [6.07, 6.45) is 0. The zero-order valence-corrected chi connectivity index (χ0v) is 18.7. The van der Waals surface area contributed by atoms with Gasteiger partial charge in [0.25, 0.3) is 5.91 Å². The lowest BCUT2D eigenvalue weighted by atomic mass is 10.2. The molecule has 1 aromatic carbocycles. The minimum absolute atomic E-state index is 0.0170. The van der Waals surface area contributed by atoms with Gasteiger partial charge in [0.15, 0.2) is 0 Å². The van der Waals surface area contributed by atoms with Crippen molar-refractivity contribution in [1.29, 1.82) is 0 Å². The van der Waals surface area contributed by atoms with E-state index in [0.29, 0.717) is 38.4 Å². The second-order valence-electron chi connectivity index (χ2n) is 7.41. The van der Waals surface area contributed by atoms with E-state index >= 15 is 0 Å². The van der Waals surface area contributed by atoms with Gasteiger partial charge in [0, 0.05) is 45.0 Å². The highest BCUT2D eigenvalue weighted by atomic mass is 32.2. The average molecular weight is 469 g/mol. The van der Waals surface area contributed by atoms with Gasteiger partial charge in [-0.3, -0.25) is 9.69 Å². The van der Waals surface area contributed by atoms with Crippen molar-refractivity contribution in [1.82, 2.24) is 14.1 Å². The van der Waals surface area contributed by atoms with Crippen LogP contribution < -0.4 is 5.32 Å². The molecule has 2 aliphatic heterocycles. The number of sulfonamides is 1. The zero-order chi connectivity index (χ0) is 23.3. The lowest BCUT2D eigenvalue weighted by molar-refractivity contribution is -0.136. The summed E-state index contributed by atoms with van der Waals surface area (Å²) in [5.41, 5.74) is 0.622. The predicted octanol–water partition coefficient (Wildman–Crippen LogP) is -1.34. The molecule has 0 aliphatic carbocycles. The highest BCUT2D eigenvalue weighted by Gasteiger charge is 2.34. The molecule has 0 saturated carbocycles. The number of ether oxygens (including phenoxy) is 1. The molecule has 2 heterocycles. The normalized spacial score (nSPS) is 18.3. The Balaban J connectivity index is 1.74. The first-order chi connectivity index (χ1) is 15.3. The van der Waals surface area contributed by atoms with Gasteiger partial charge >= 0.3 is 5.97 Å². The van der Waals surface area contributed by atoms with E-state index in [-0.39, 0.29) is 42.5 Å². The summed E-state index contributed by atoms with van der Waals surface area (Å²) in [6, 6.07) is 5.94. The van der Waals surface area contributed by atoms with Gasteiger partial charge in [-0.15, -0.1) is 0 Å². The molecular weight excluding hydrogens is 440 g/mol. The van der Waals surface area contributed by atoms with Crippen LogP contribution in [0.4, 0.5) is 5.69 Å². The molecule has 32 heavy (non-hydrogen) atoms. The predicted molar refractivity (Wildman–Crippen MR) is 115 cm³/mol. The minimum atomic E-state index is -3.67. The average Bonchev–Trinajstić information content (AvgIpc) is 3.10. The van der Waals surface area contributed by atoms with E-state index in [2.05, 4.69) is 5.32 Å². The molecule has 0 spiro atoms. The highest BCUT2D eigenvalue weighted by molar-refractivity contribution is 7.89. The van der Waals surface area contributed by atoms with Crippen molar-refractivity contribution in [3.63, 3.8) is 0 Å². The maximum Gasteiger partial charge on any atom is 0.337 e. The Morgan fingerprint density at radius 1 is 1.06 bits per heavy atom. The van der Waals surface area contributed by atoms with Gasteiger partial charge in [-0.1, -0.05) is 0 Å². The van der Waals surface area contributed by atoms with E-state index in [9.17, 15) is 18.0 Å². The SMILES string of the molecule is COC(=O)C1=C(Nc2ccc(S(=O)(=O)N3CCN(CCO)CC3)cc2)C(=O)N(CCO)C1. The zero-order valence-electron chi connectivity index (χ0n) is 17.9. The number of β-amino-alcohol motifs (C(OH)–C–C–N with tert-alkyl or cyclic N) is 2. The van der Waals surface area contributed by atoms with Crippen molar-refractivity contribution < 1.29 is 33.0 Å². The quantitative estimate of drug-likeness (QED) is 0.376. The van der Waals surface area contributed by atoms with Crippen LogP contribution in [0.25, 0.3) is 0 Å². The Morgan fingerprint density at radius 2 is 1.69 bits per heavy atom. The summed E-state index contributed by atoms with van der Waals surface area (Å²) in [4.78, 5) is 28.1. The molecule has 1 saturated heterocycles. The molecule has 1 fully saturated rings. The third-order valence-corrected chi connectivity index (χ3v) is 7.38. The van der Waals surface area contributed by atoms with E-state index in [1.807, 2.05) is 4.90 Å². The molecule has 0 unspecified atom stereocenters. The van der Waals surface area contributed by atoms with Crippen molar-refractivity contribution in [3.05, 3.63) is 35.5 Å². The van der Waals surface area contributed by atoms with Gasteiger partial charge in [-0.25, -0.2) is 13.2 Å². The smallest absolute Gasteiger partial charge is 0.337 e. The molecule has 12 heteroatoms. The Morgan fingerprint density at radius 3 is 2.25 bits per heavy atom. The van der Waals surface area contributed by atoms with Crippen LogP contribution in [0, 0.1) is 0 Å². The summed E-state index contributed by atoms with van der Waals surface area (Å²) in [6.45, 7) is 2.19. The molecular formula is C20H28N4O7S. The van der Waals surface area contributed by atoms with Gasteiger partial charge in [-0.2, -0.15) is 4.31 Å². The van der Waals surface area contributed by atoms with Crippen molar-refractivity contribution in [2.45, 2.75) is 4.90 Å². The highest BCUT2D eigenvalue weighted by Crippen LogP contribution is 2.25. The van der Waals surface area contributed by atoms with Crippen LogP contribution >= 0.6 is 0 Å². The molecule has 3 rings (SSSR count). The summed E-state index contributed by atoms with van der Waals surface area (Å²) in [7, 11) is -2.45. The van der Waals surface area contributed by atoms with E-state index in [1.54, 1.807) is 0 Å². The lowest BCUT2D eigenvalue weighted by Gasteiger charge is -2.33. The third kappa shape index (κ3) is 5.10. The number of amides is 1. The van der Waals surface area contributed by atoms with E-state index in [4.69, 9.17) is 14.9 Å². The number of hydrogen-bond acceptors (Lipinski definition) is 9. The number of aliphatic hydroxyl groups excluding tert-OH is 2. The number of carbonyl (C=O) groups excluding carboxylic acids is 2. The van der Waals surface area contributed by atoms with Crippen molar-refractivity contribution in [3.8, 4) is 0 Å². The van der Waals surface area contributed by atoms with Gasteiger partial charge in [0.05, 0.1) is 37.3 Å². The van der Waals surface area contributed by atoms with Crippen LogP contribution in [-0.4, -0.2) is 111 Å². The summed E-state index contributed by atoms with van der Waals surface area (Å²) >= 11 is 0. The Labute approximate surface area is 186 Å². The number of hydrogen-bond donors (Lipinski definition) is 3. The second-order valence-corrected chi connectivity index (χ2v) is 9.35. The number of anilines is 1. The minimum Gasteiger partial charge on any atom is -0.466 e. The Kier molecular flexibility index (Phi) is 7.85. The molecule has 11 nitrogen and oxygen atoms in total.